The van der Waals surface area contributed by atoms with Gasteiger partial charge >= 0.3 is 6.18 Å². The van der Waals surface area contributed by atoms with E-state index in [9.17, 15) is 13.2 Å². The van der Waals surface area contributed by atoms with E-state index in [1.54, 1.807) is 36.3 Å². The zero-order valence-corrected chi connectivity index (χ0v) is 26.0. The van der Waals surface area contributed by atoms with Gasteiger partial charge in [-0.1, -0.05) is 43.9 Å². The smallest absolute Gasteiger partial charge is 0.434 e. The maximum atomic E-state index is 13.5. The highest BCUT2D eigenvalue weighted by molar-refractivity contribution is 6.76. The zero-order chi connectivity index (χ0) is 31.1. The number of ether oxygens (including phenoxy) is 2. The molecule has 4 heterocycles. The molecule has 0 N–H and O–H groups in total. The maximum Gasteiger partial charge on any atom is 0.434 e. The molecular weight excluding hydrogens is 589 g/mol. The average Bonchev–Trinajstić information content (AvgIpc) is 3.62. The van der Waals surface area contributed by atoms with Gasteiger partial charge in [0, 0.05) is 38.6 Å². The number of hydrogen-bond donors (Lipinski definition) is 0. The van der Waals surface area contributed by atoms with Crippen LogP contribution in [-0.4, -0.2) is 61.1 Å². The largest absolute Gasteiger partial charge is 0.480 e. The predicted molar refractivity (Wildman–Crippen MR) is 161 cm³/mol. The number of nitrogens with zero attached hydrogens (tertiary/aromatic N) is 8. The summed E-state index contributed by atoms with van der Waals surface area (Å²) in [7, 11) is 0.228. The van der Waals surface area contributed by atoms with Crippen LogP contribution in [0.5, 0.6) is 5.88 Å². The third-order valence-corrected chi connectivity index (χ3v) is 9.14. The van der Waals surface area contributed by atoms with Crippen molar-refractivity contribution in [2.45, 2.75) is 63.9 Å². The Morgan fingerprint density at radius 3 is 2.45 bits per heavy atom. The van der Waals surface area contributed by atoms with E-state index in [0.717, 1.165) is 41.7 Å². The number of alkyl halides is 3. The molecule has 6 rings (SSSR count). The van der Waals surface area contributed by atoms with E-state index in [4.69, 9.17) is 14.5 Å². The van der Waals surface area contributed by atoms with Crippen LogP contribution in [-0.2, 0) is 24.2 Å². The summed E-state index contributed by atoms with van der Waals surface area (Å²) in [5, 5.41) is 5.29. The van der Waals surface area contributed by atoms with Crippen molar-refractivity contribution in [2.24, 2.45) is 0 Å². The Bertz CT molecular complexity index is 1780. The molecule has 10 nitrogen and oxygen atoms in total. The summed E-state index contributed by atoms with van der Waals surface area (Å²) in [5.41, 5.74) is 2.69. The second kappa shape index (κ2) is 11.7. The van der Waals surface area contributed by atoms with Crippen LogP contribution in [0.3, 0.4) is 0 Å². The third kappa shape index (κ3) is 6.50. The quantitative estimate of drug-likeness (QED) is 0.123. The molecule has 1 aliphatic carbocycles. The highest BCUT2D eigenvalue weighted by Gasteiger charge is 2.35. The minimum atomic E-state index is -4.56. The highest BCUT2D eigenvalue weighted by atomic mass is 28.3. The van der Waals surface area contributed by atoms with Crippen molar-refractivity contribution in [2.75, 3.05) is 13.7 Å². The number of imidazole rings is 1. The summed E-state index contributed by atoms with van der Waals surface area (Å²) in [6.07, 6.45) is 3.46. The summed E-state index contributed by atoms with van der Waals surface area (Å²) in [6, 6.07) is 8.14. The Morgan fingerprint density at radius 1 is 1.00 bits per heavy atom. The Balaban J connectivity index is 1.25. The minimum absolute atomic E-state index is 0.00827. The van der Waals surface area contributed by atoms with Crippen LogP contribution in [0.2, 0.25) is 25.7 Å². The van der Waals surface area contributed by atoms with Gasteiger partial charge in [0.15, 0.2) is 17.2 Å². The van der Waals surface area contributed by atoms with Crippen molar-refractivity contribution < 1.29 is 22.6 Å². The molecule has 1 saturated carbocycles. The van der Waals surface area contributed by atoms with Crippen LogP contribution in [0.1, 0.15) is 35.7 Å². The van der Waals surface area contributed by atoms with E-state index in [2.05, 4.69) is 44.7 Å². The second-order valence-corrected chi connectivity index (χ2v) is 17.8. The lowest BCUT2D eigenvalue weighted by Gasteiger charge is -2.16. The van der Waals surface area contributed by atoms with Crippen molar-refractivity contribution in [3.8, 4) is 28.7 Å². The van der Waals surface area contributed by atoms with Gasteiger partial charge in [0.1, 0.15) is 24.4 Å². The lowest BCUT2D eigenvalue weighted by atomic mass is 10.1. The first kappa shape index (κ1) is 29.9. The van der Waals surface area contributed by atoms with Gasteiger partial charge in [0.05, 0.1) is 30.9 Å². The van der Waals surface area contributed by atoms with Crippen LogP contribution in [0.15, 0.2) is 49.2 Å². The lowest BCUT2D eigenvalue weighted by molar-refractivity contribution is -0.141. The molecule has 44 heavy (non-hydrogen) atoms. The normalized spacial score (nSPS) is 14.0. The maximum absolute atomic E-state index is 13.5. The van der Waals surface area contributed by atoms with Crippen molar-refractivity contribution in [1.82, 2.24) is 39.3 Å². The van der Waals surface area contributed by atoms with Gasteiger partial charge in [-0.05, 0) is 24.4 Å². The summed E-state index contributed by atoms with van der Waals surface area (Å²) in [4.78, 5) is 22.1. The molecule has 0 aliphatic heterocycles. The van der Waals surface area contributed by atoms with Crippen LogP contribution >= 0.6 is 0 Å². The van der Waals surface area contributed by atoms with Gasteiger partial charge in [0.2, 0.25) is 5.88 Å². The first-order valence-corrected chi connectivity index (χ1v) is 18.1. The molecule has 14 heteroatoms. The molecule has 0 bridgehead atoms. The number of methoxy groups -OCH3 is 1. The molecule has 4 aromatic heterocycles. The van der Waals surface area contributed by atoms with E-state index in [1.165, 1.54) is 10.9 Å². The van der Waals surface area contributed by atoms with E-state index in [-0.39, 0.29) is 12.6 Å². The van der Waals surface area contributed by atoms with Gasteiger partial charge in [-0.3, -0.25) is 0 Å². The zero-order valence-electron chi connectivity index (χ0n) is 25.0. The number of aromatic nitrogens is 8. The first-order valence-electron chi connectivity index (χ1n) is 14.4. The van der Waals surface area contributed by atoms with Gasteiger partial charge < -0.3 is 14.0 Å². The van der Waals surface area contributed by atoms with Crippen LogP contribution in [0.25, 0.3) is 33.8 Å². The minimum Gasteiger partial charge on any atom is -0.480 e. The van der Waals surface area contributed by atoms with Crippen LogP contribution in [0.4, 0.5) is 13.2 Å². The Labute approximate surface area is 253 Å². The van der Waals surface area contributed by atoms with Gasteiger partial charge in [-0.15, -0.1) is 0 Å². The molecule has 0 atom stereocenters. The fourth-order valence-corrected chi connectivity index (χ4v) is 5.63. The number of fused-ring (bicyclic) bond motifs is 1. The summed E-state index contributed by atoms with van der Waals surface area (Å²) < 4.78 is 55.1. The summed E-state index contributed by atoms with van der Waals surface area (Å²) >= 11 is 0. The van der Waals surface area contributed by atoms with E-state index in [0.29, 0.717) is 47.5 Å². The monoisotopic (exact) mass is 622 g/mol. The SMILES string of the molecule is COc1ncnc(C2CC2)c1-c1ncc2cnn(Cc3ccc(-c4nc(C(F)(F)F)cn4COCC[Si](C)(C)C)cc3)c2n1. The molecular formula is C30H33F3N8O2Si. The van der Waals surface area contributed by atoms with Crippen molar-refractivity contribution in [1.29, 1.82) is 0 Å². The topological polar surface area (TPSA) is 106 Å². The predicted octanol–water partition coefficient (Wildman–Crippen LogP) is 6.41. The fraction of sp³-hybridized carbons (Fsp3) is 0.400. The fourth-order valence-electron chi connectivity index (χ4n) is 4.87. The molecule has 230 valence electrons. The van der Waals surface area contributed by atoms with Gasteiger partial charge in [-0.2, -0.15) is 18.3 Å². The standard InChI is InChI=1S/C30H33F3N8O2Si/c1-42-29-24(25(20-9-10-20)35-17-36-29)26-34-13-22-14-37-41(28(22)39-26)15-19-5-7-21(8-6-19)27-38-23(30(31,32)33)16-40(27)18-43-11-12-44(2,3)4/h5-8,13-14,16-17,20H,9-12,15,18H2,1-4H3. The molecule has 5 aromatic rings. The molecule has 0 radical (unpaired) electrons. The Kier molecular flexibility index (Phi) is 7.96. The summed E-state index contributed by atoms with van der Waals surface area (Å²) in [6.45, 7) is 7.54. The van der Waals surface area contributed by atoms with Gasteiger partial charge in [0.25, 0.3) is 0 Å². The molecule has 1 aromatic carbocycles. The summed E-state index contributed by atoms with van der Waals surface area (Å²) in [5.74, 6) is 1.43. The average molecular weight is 623 g/mol. The van der Waals surface area contributed by atoms with Crippen molar-refractivity contribution in [3.05, 3.63) is 66.1 Å². The number of benzene rings is 1. The van der Waals surface area contributed by atoms with E-state index >= 15 is 0 Å². The molecule has 0 spiro atoms. The van der Waals surface area contributed by atoms with E-state index in [1.807, 2.05) is 12.1 Å². The third-order valence-electron chi connectivity index (χ3n) is 7.44. The lowest BCUT2D eigenvalue weighted by Crippen LogP contribution is -2.22. The molecule has 1 fully saturated rings. The number of rotatable bonds is 11. The number of hydrogen-bond acceptors (Lipinski definition) is 8. The molecule has 0 amide bonds. The van der Waals surface area contributed by atoms with Gasteiger partial charge in [-0.25, -0.2) is 29.6 Å². The second-order valence-electron chi connectivity index (χ2n) is 12.2. The Morgan fingerprint density at radius 2 is 1.77 bits per heavy atom. The first-order chi connectivity index (χ1) is 21.0. The molecule has 0 unspecified atom stereocenters. The molecule has 1 aliphatic rings. The van der Waals surface area contributed by atoms with Crippen molar-refractivity contribution >= 4 is 19.1 Å². The van der Waals surface area contributed by atoms with E-state index < -0.39 is 19.9 Å². The highest BCUT2D eigenvalue weighted by Crippen LogP contribution is 2.45. The number of halogens is 3. The Hall–Kier alpha value is -4.17. The van der Waals surface area contributed by atoms with Crippen LogP contribution in [0, 0.1) is 0 Å². The van der Waals surface area contributed by atoms with Crippen molar-refractivity contribution in [3.63, 3.8) is 0 Å². The molecule has 0 saturated heterocycles. The van der Waals surface area contributed by atoms with Crippen LogP contribution < -0.4 is 4.74 Å².